The van der Waals surface area contributed by atoms with Crippen molar-refractivity contribution >= 4 is 49.5 Å². The van der Waals surface area contributed by atoms with E-state index in [0.717, 1.165) is 23.3 Å². The maximum atomic E-state index is 12.8. The average Bonchev–Trinajstić information content (AvgIpc) is 3.18. The Bertz CT molecular complexity index is 1240. The number of ether oxygens (including phenoxy) is 1. The molecule has 1 unspecified atom stereocenters. The number of halogens is 3. The highest BCUT2D eigenvalue weighted by atomic mass is 32.2. The maximum absolute atomic E-state index is 12.8. The fourth-order valence-electron chi connectivity index (χ4n) is 3.87. The second-order valence-corrected chi connectivity index (χ2v) is 11.6. The Morgan fingerprint density at radius 1 is 1.25 bits per heavy atom. The van der Waals surface area contributed by atoms with E-state index in [1.807, 2.05) is 25.5 Å². The van der Waals surface area contributed by atoms with Gasteiger partial charge in [0.25, 0.3) is 5.13 Å². The van der Waals surface area contributed by atoms with Gasteiger partial charge in [-0.05, 0) is 65.2 Å². The third-order valence-corrected chi connectivity index (χ3v) is 7.16. The molecule has 0 fully saturated rings. The summed E-state index contributed by atoms with van der Waals surface area (Å²) < 4.78 is 70.1. The molecule has 1 aromatic carbocycles. The van der Waals surface area contributed by atoms with E-state index in [4.69, 9.17) is 4.74 Å². The van der Waals surface area contributed by atoms with E-state index in [9.17, 15) is 26.4 Å². The van der Waals surface area contributed by atoms with Crippen molar-refractivity contribution in [3.8, 4) is 0 Å². The zero-order valence-corrected chi connectivity index (χ0v) is 22.0. The lowest BCUT2D eigenvalue weighted by molar-refractivity contribution is -0.106. The summed E-state index contributed by atoms with van der Waals surface area (Å²) in [7, 11) is -4.78. The van der Waals surface area contributed by atoms with Crippen LogP contribution in [0, 0.1) is 0 Å². The van der Waals surface area contributed by atoms with Crippen molar-refractivity contribution in [2.45, 2.75) is 71.8 Å². The number of esters is 1. The Labute approximate surface area is 211 Å². The molecule has 0 saturated carbocycles. The van der Waals surface area contributed by atoms with E-state index >= 15 is 0 Å². The first-order valence-electron chi connectivity index (χ1n) is 11.1. The zero-order valence-electron chi connectivity index (χ0n) is 20.3. The van der Waals surface area contributed by atoms with E-state index in [-0.39, 0.29) is 39.7 Å². The monoisotopic (exact) mass is 548 g/mol. The van der Waals surface area contributed by atoms with Crippen molar-refractivity contribution in [3.05, 3.63) is 22.7 Å². The molecule has 0 aliphatic carbocycles. The van der Waals surface area contributed by atoms with Gasteiger partial charge in [-0.1, -0.05) is 11.3 Å². The smallest absolute Gasteiger partial charge is 0.404 e. The topological polar surface area (TPSA) is 126 Å². The molecular weight excluding hydrogens is 521 g/mol. The van der Waals surface area contributed by atoms with Gasteiger partial charge in [-0.15, -0.1) is 20.4 Å². The molecule has 198 valence electrons. The lowest BCUT2D eigenvalue weighted by atomic mass is 9.94. The summed E-state index contributed by atoms with van der Waals surface area (Å²) in [6.07, 6.45) is -3.78. The molecule has 1 aromatic heterocycles. The van der Waals surface area contributed by atoms with Gasteiger partial charge in [-0.3, -0.25) is 4.72 Å². The minimum absolute atomic E-state index is 0.00930. The molecule has 3 rings (SSSR count). The van der Waals surface area contributed by atoms with Gasteiger partial charge in [0.1, 0.15) is 5.69 Å². The molecule has 1 N–H and O–H groups in total. The molecule has 1 aliphatic heterocycles. The van der Waals surface area contributed by atoms with Crippen LogP contribution in [0.25, 0.3) is 0 Å². The SMILES string of the molecule is CC(C)OC(=O)c1nnc(N=Nc2cc3c(cc2NS(=O)(=O)CC(F)(F)F)N(C(C)C)C(C)CC3)s1. The van der Waals surface area contributed by atoms with Crippen molar-refractivity contribution < 1.29 is 31.1 Å². The van der Waals surface area contributed by atoms with Gasteiger partial charge in [0.05, 0.1) is 11.8 Å². The number of fused-ring (bicyclic) bond motifs is 1. The van der Waals surface area contributed by atoms with Gasteiger partial charge in [-0.2, -0.15) is 13.2 Å². The van der Waals surface area contributed by atoms with Crippen LogP contribution in [0.2, 0.25) is 0 Å². The molecular formula is C21H27F3N6O4S2. The predicted molar refractivity (Wildman–Crippen MR) is 130 cm³/mol. The summed E-state index contributed by atoms with van der Waals surface area (Å²) in [5.41, 5.74) is 1.43. The largest absolute Gasteiger partial charge is 0.458 e. The van der Waals surface area contributed by atoms with E-state index in [1.54, 1.807) is 19.9 Å². The Hall–Kier alpha value is -2.81. The molecule has 10 nitrogen and oxygen atoms in total. The standard InChI is InChI=1S/C21H27F3N6O4S2/c1-11(2)30-13(5)6-7-14-8-15(16(9-17(14)30)29-36(32,33)10-21(22,23)24)25-27-20-28-26-18(35-20)19(31)34-12(3)4/h8-9,11-13,29H,6-7,10H2,1-5H3. The highest BCUT2D eigenvalue weighted by molar-refractivity contribution is 7.92. The van der Waals surface area contributed by atoms with Crippen LogP contribution in [-0.4, -0.2) is 54.7 Å². The van der Waals surface area contributed by atoms with Crippen LogP contribution in [0.4, 0.5) is 35.4 Å². The minimum atomic E-state index is -4.92. The number of nitrogens with zero attached hydrogens (tertiary/aromatic N) is 5. The molecule has 15 heteroatoms. The van der Waals surface area contributed by atoms with E-state index in [1.165, 1.54) is 6.07 Å². The second kappa shape index (κ2) is 10.7. The number of sulfonamides is 1. The molecule has 0 amide bonds. The fourth-order valence-corrected chi connectivity index (χ4v) is 5.42. The Morgan fingerprint density at radius 3 is 2.56 bits per heavy atom. The Kier molecular flexibility index (Phi) is 8.23. The number of aryl methyl sites for hydroxylation is 1. The first-order chi connectivity index (χ1) is 16.6. The highest BCUT2D eigenvalue weighted by Crippen LogP contribution is 2.41. The van der Waals surface area contributed by atoms with Crippen molar-refractivity contribution in [1.82, 2.24) is 10.2 Å². The summed E-state index contributed by atoms with van der Waals surface area (Å²) in [5.74, 6) is -2.73. The predicted octanol–water partition coefficient (Wildman–Crippen LogP) is 5.37. The number of carbonyl (C=O) groups excluding carboxylic acids is 1. The minimum Gasteiger partial charge on any atom is -0.458 e. The molecule has 0 spiro atoms. The molecule has 0 saturated heterocycles. The summed E-state index contributed by atoms with van der Waals surface area (Å²) in [6, 6.07) is 3.30. The quantitative estimate of drug-likeness (QED) is 0.347. The highest BCUT2D eigenvalue weighted by Gasteiger charge is 2.36. The summed E-state index contributed by atoms with van der Waals surface area (Å²) in [4.78, 5) is 14.1. The molecule has 36 heavy (non-hydrogen) atoms. The number of hydrogen-bond donors (Lipinski definition) is 1. The number of benzene rings is 1. The van der Waals surface area contributed by atoms with Gasteiger partial charge < -0.3 is 9.64 Å². The van der Waals surface area contributed by atoms with Crippen LogP contribution in [0.15, 0.2) is 22.4 Å². The van der Waals surface area contributed by atoms with E-state index in [0.29, 0.717) is 12.1 Å². The number of nitrogens with one attached hydrogen (secondary N) is 1. The molecule has 0 bridgehead atoms. The number of azo groups is 1. The number of carbonyl (C=O) groups is 1. The Morgan fingerprint density at radius 2 is 1.94 bits per heavy atom. The second-order valence-electron chi connectivity index (χ2n) is 8.91. The van der Waals surface area contributed by atoms with Crippen LogP contribution in [-0.2, 0) is 21.2 Å². The van der Waals surface area contributed by atoms with Crippen LogP contribution in [0.5, 0.6) is 0 Å². The Balaban J connectivity index is 2.01. The number of hydrogen-bond acceptors (Lipinski definition) is 10. The molecule has 1 aliphatic rings. The van der Waals surface area contributed by atoms with Gasteiger partial charge in [0.2, 0.25) is 15.0 Å². The van der Waals surface area contributed by atoms with Crippen LogP contribution < -0.4 is 9.62 Å². The summed E-state index contributed by atoms with van der Waals surface area (Å²) >= 11 is 0.810. The zero-order chi connectivity index (χ0) is 26.8. The lowest BCUT2D eigenvalue weighted by Gasteiger charge is -2.40. The molecule has 0 radical (unpaired) electrons. The maximum Gasteiger partial charge on any atom is 0.404 e. The summed E-state index contributed by atoms with van der Waals surface area (Å²) in [5, 5.41) is 15.4. The fraction of sp³-hybridized carbons (Fsp3) is 0.571. The van der Waals surface area contributed by atoms with Gasteiger partial charge >= 0.3 is 12.1 Å². The third kappa shape index (κ3) is 7.12. The summed E-state index contributed by atoms with van der Waals surface area (Å²) in [6.45, 7) is 9.34. The normalized spacial score (nSPS) is 16.6. The number of rotatable bonds is 8. The molecule has 1 atom stereocenters. The van der Waals surface area contributed by atoms with Crippen molar-refractivity contribution in [1.29, 1.82) is 0 Å². The number of anilines is 2. The van der Waals surface area contributed by atoms with Crippen LogP contribution in [0.1, 0.15) is 56.4 Å². The van der Waals surface area contributed by atoms with E-state index < -0.39 is 27.9 Å². The van der Waals surface area contributed by atoms with E-state index in [2.05, 4.69) is 25.3 Å². The van der Waals surface area contributed by atoms with Gasteiger partial charge in [0, 0.05) is 17.8 Å². The van der Waals surface area contributed by atoms with Crippen molar-refractivity contribution in [2.24, 2.45) is 10.2 Å². The van der Waals surface area contributed by atoms with Crippen LogP contribution in [0.3, 0.4) is 0 Å². The van der Waals surface area contributed by atoms with Crippen molar-refractivity contribution in [2.75, 3.05) is 15.4 Å². The first kappa shape index (κ1) is 27.8. The lowest BCUT2D eigenvalue weighted by Crippen LogP contribution is -2.42. The van der Waals surface area contributed by atoms with Gasteiger partial charge in [0.15, 0.2) is 5.75 Å². The number of aromatic nitrogens is 2. The average molecular weight is 549 g/mol. The number of alkyl halides is 3. The van der Waals surface area contributed by atoms with Gasteiger partial charge in [-0.25, -0.2) is 13.2 Å². The van der Waals surface area contributed by atoms with Crippen molar-refractivity contribution in [3.63, 3.8) is 0 Å². The van der Waals surface area contributed by atoms with Crippen LogP contribution >= 0.6 is 11.3 Å². The molecule has 2 aromatic rings. The first-order valence-corrected chi connectivity index (χ1v) is 13.6. The third-order valence-electron chi connectivity index (χ3n) is 5.13. The molecule has 2 heterocycles.